The fourth-order valence-corrected chi connectivity index (χ4v) is 2.10. The molecule has 0 fully saturated rings. The Hall–Kier alpha value is -2.55. The molecule has 0 aliphatic carbocycles. The normalized spacial score (nSPS) is 12.9. The van der Waals surface area contributed by atoms with E-state index in [-0.39, 0.29) is 5.91 Å². The first-order valence-corrected chi connectivity index (χ1v) is 6.23. The molecule has 0 saturated heterocycles. The Bertz CT molecular complexity index is 632. The third-order valence-electron chi connectivity index (χ3n) is 3.10. The van der Waals surface area contributed by atoms with Gasteiger partial charge in [0.1, 0.15) is 5.70 Å². The van der Waals surface area contributed by atoms with Crippen LogP contribution in [0.4, 0.5) is 5.69 Å². The Kier molecular flexibility index (Phi) is 3.02. The van der Waals surface area contributed by atoms with Gasteiger partial charge in [-0.3, -0.25) is 4.79 Å². The molecule has 1 aliphatic rings. The molecule has 0 bridgehead atoms. The van der Waals surface area contributed by atoms with Crippen molar-refractivity contribution >= 4 is 17.7 Å². The molecule has 1 heterocycles. The van der Waals surface area contributed by atoms with Gasteiger partial charge in [-0.2, -0.15) is 0 Å². The topological polar surface area (TPSA) is 41.1 Å². The van der Waals surface area contributed by atoms with Crippen LogP contribution in [0, 0.1) is 0 Å². The minimum absolute atomic E-state index is 0.110. The molecular weight excluding hydrogens is 236 g/mol. The van der Waals surface area contributed by atoms with Crippen molar-refractivity contribution in [2.75, 3.05) is 5.32 Å². The van der Waals surface area contributed by atoms with E-state index in [1.807, 2.05) is 54.6 Å². The van der Waals surface area contributed by atoms with Crippen molar-refractivity contribution in [3.8, 4) is 0 Å². The van der Waals surface area contributed by atoms with Crippen molar-refractivity contribution in [3.63, 3.8) is 0 Å². The van der Waals surface area contributed by atoms with Crippen molar-refractivity contribution in [1.82, 2.24) is 5.32 Å². The van der Waals surface area contributed by atoms with Gasteiger partial charge in [-0.1, -0.05) is 42.5 Å². The first kappa shape index (κ1) is 11.5. The lowest BCUT2D eigenvalue weighted by Gasteiger charge is -2.18. The molecular formula is C16H14N2O. The Morgan fingerprint density at radius 3 is 2.58 bits per heavy atom. The molecule has 1 aliphatic heterocycles. The van der Waals surface area contributed by atoms with Crippen LogP contribution in [-0.4, -0.2) is 5.91 Å². The standard InChI is InChI=1S/C16H14N2O/c19-16(18-14-8-2-1-3-9-14)15-10-12-6-4-5-7-13(12)11-17-15/h1-10,17H,11H2,(H,18,19). The number of benzene rings is 2. The molecule has 0 atom stereocenters. The molecule has 0 aromatic heterocycles. The second-order valence-corrected chi connectivity index (χ2v) is 4.43. The highest BCUT2D eigenvalue weighted by Crippen LogP contribution is 2.18. The largest absolute Gasteiger partial charge is 0.376 e. The van der Waals surface area contributed by atoms with E-state index in [0.717, 1.165) is 11.3 Å². The summed E-state index contributed by atoms with van der Waals surface area (Å²) in [6, 6.07) is 17.5. The molecule has 0 radical (unpaired) electrons. The first-order chi connectivity index (χ1) is 9.33. The van der Waals surface area contributed by atoms with Crippen LogP contribution < -0.4 is 10.6 Å². The number of carbonyl (C=O) groups excluding carboxylic acids is 1. The van der Waals surface area contributed by atoms with Gasteiger partial charge in [0.15, 0.2) is 0 Å². The number of anilines is 1. The second-order valence-electron chi connectivity index (χ2n) is 4.43. The number of carbonyl (C=O) groups is 1. The van der Waals surface area contributed by atoms with Crippen LogP contribution in [0.25, 0.3) is 6.08 Å². The lowest BCUT2D eigenvalue weighted by molar-refractivity contribution is -0.113. The van der Waals surface area contributed by atoms with Crippen LogP contribution in [0.15, 0.2) is 60.3 Å². The number of nitrogens with one attached hydrogen (secondary N) is 2. The van der Waals surface area contributed by atoms with E-state index in [1.54, 1.807) is 0 Å². The van der Waals surface area contributed by atoms with Crippen molar-refractivity contribution in [1.29, 1.82) is 0 Å². The Morgan fingerprint density at radius 2 is 1.74 bits per heavy atom. The molecule has 3 nitrogen and oxygen atoms in total. The average Bonchev–Trinajstić information content (AvgIpc) is 2.48. The summed E-state index contributed by atoms with van der Waals surface area (Å²) in [4.78, 5) is 12.1. The SMILES string of the molecule is O=C(Nc1ccccc1)C1=Cc2ccccc2CN1. The maximum atomic E-state index is 12.1. The summed E-state index contributed by atoms with van der Waals surface area (Å²) < 4.78 is 0. The van der Waals surface area contributed by atoms with Crippen LogP contribution in [-0.2, 0) is 11.3 Å². The fourth-order valence-electron chi connectivity index (χ4n) is 2.10. The maximum Gasteiger partial charge on any atom is 0.271 e. The van der Waals surface area contributed by atoms with Gasteiger partial charge in [-0.15, -0.1) is 0 Å². The molecule has 0 spiro atoms. The van der Waals surface area contributed by atoms with E-state index in [4.69, 9.17) is 0 Å². The highest BCUT2D eigenvalue weighted by atomic mass is 16.2. The molecule has 0 saturated carbocycles. The van der Waals surface area contributed by atoms with Gasteiger partial charge in [0, 0.05) is 12.2 Å². The number of fused-ring (bicyclic) bond motifs is 1. The van der Waals surface area contributed by atoms with Crippen LogP contribution in [0.2, 0.25) is 0 Å². The third-order valence-corrected chi connectivity index (χ3v) is 3.10. The van der Waals surface area contributed by atoms with E-state index >= 15 is 0 Å². The zero-order valence-electron chi connectivity index (χ0n) is 10.4. The van der Waals surface area contributed by atoms with Crippen molar-refractivity contribution in [2.24, 2.45) is 0 Å². The highest BCUT2D eigenvalue weighted by Gasteiger charge is 2.14. The van der Waals surface area contributed by atoms with E-state index in [0.29, 0.717) is 12.2 Å². The van der Waals surface area contributed by atoms with Crippen LogP contribution in [0.5, 0.6) is 0 Å². The maximum absolute atomic E-state index is 12.1. The van der Waals surface area contributed by atoms with Crippen LogP contribution >= 0.6 is 0 Å². The molecule has 1 amide bonds. The second kappa shape index (κ2) is 4.98. The van der Waals surface area contributed by atoms with Gasteiger partial charge < -0.3 is 10.6 Å². The van der Waals surface area contributed by atoms with Gasteiger partial charge in [0.05, 0.1) is 0 Å². The lowest BCUT2D eigenvalue weighted by atomic mass is 10.0. The van der Waals surface area contributed by atoms with E-state index in [1.165, 1.54) is 5.56 Å². The van der Waals surface area contributed by atoms with Crippen molar-refractivity contribution in [3.05, 3.63) is 71.4 Å². The summed E-state index contributed by atoms with van der Waals surface area (Å²) in [6.07, 6.45) is 1.89. The molecule has 94 valence electrons. The smallest absolute Gasteiger partial charge is 0.271 e. The van der Waals surface area contributed by atoms with Crippen molar-refractivity contribution < 1.29 is 4.79 Å². The van der Waals surface area contributed by atoms with E-state index < -0.39 is 0 Å². The minimum atomic E-state index is -0.110. The summed E-state index contributed by atoms with van der Waals surface area (Å²) in [7, 11) is 0. The zero-order chi connectivity index (χ0) is 13.1. The summed E-state index contributed by atoms with van der Waals surface area (Å²) >= 11 is 0. The van der Waals surface area contributed by atoms with Crippen LogP contribution in [0.3, 0.4) is 0 Å². The summed E-state index contributed by atoms with van der Waals surface area (Å²) in [5.41, 5.74) is 3.70. The molecule has 0 unspecified atom stereocenters. The van der Waals surface area contributed by atoms with E-state index in [9.17, 15) is 4.79 Å². The van der Waals surface area contributed by atoms with Gasteiger partial charge in [0.25, 0.3) is 5.91 Å². The predicted octanol–water partition coefficient (Wildman–Crippen LogP) is 2.77. The zero-order valence-corrected chi connectivity index (χ0v) is 10.4. The van der Waals surface area contributed by atoms with Crippen molar-refractivity contribution in [2.45, 2.75) is 6.54 Å². The monoisotopic (exact) mass is 250 g/mol. The number of amides is 1. The Balaban J connectivity index is 1.80. The van der Waals surface area contributed by atoms with Crippen LogP contribution in [0.1, 0.15) is 11.1 Å². The lowest BCUT2D eigenvalue weighted by Crippen LogP contribution is -2.27. The average molecular weight is 250 g/mol. The summed E-state index contributed by atoms with van der Waals surface area (Å²) in [5.74, 6) is -0.110. The molecule has 3 rings (SSSR count). The number of rotatable bonds is 2. The Labute approximate surface area is 112 Å². The van der Waals surface area contributed by atoms with E-state index in [2.05, 4.69) is 16.7 Å². The minimum Gasteiger partial charge on any atom is -0.376 e. The van der Waals surface area contributed by atoms with Gasteiger partial charge in [0.2, 0.25) is 0 Å². The third kappa shape index (κ3) is 2.50. The molecule has 2 aromatic carbocycles. The van der Waals surface area contributed by atoms with Gasteiger partial charge in [-0.05, 0) is 29.3 Å². The van der Waals surface area contributed by atoms with Gasteiger partial charge >= 0.3 is 0 Å². The fraction of sp³-hybridized carbons (Fsp3) is 0.0625. The number of para-hydroxylation sites is 1. The molecule has 19 heavy (non-hydrogen) atoms. The summed E-state index contributed by atoms with van der Waals surface area (Å²) in [6.45, 7) is 0.685. The number of hydrogen-bond donors (Lipinski definition) is 2. The van der Waals surface area contributed by atoms with Gasteiger partial charge in [-0.25, -0.2) is 0 Å². The molecule has 2 aromatic rings. The molecule has 3 heteroatoms. The number of hydrogen-bond acceptors (Lipinski definition) is 2. The highest BCUT2D eigenvalue weighted by molar-refractivity contribution is 6.06. The predicted molar refractivity (Wildman–Crippen MR) is 76.3 cm³/mol. The quantitative estimate of drug-likeness (QED) is 0.860. The molecule has 2 N–H and O–H groups in total. The first-order valence-electron chi connectivity index (χ1n) is 6.23. The Morgan fingerprint density at radius 1 is 1.00 bits per heavy atom. The summed E-state index contributed by atoms with van der Waals surface area (Å²) in [5, 5.41) is 6.02.